The Morgan fingerprint density at radius 2 is 2.00 bits per heavy atom. The first-order chi connectivity index (χ1) is 9.59. The first-order valence-electron chi connectivity index (χ1n) is 5.50. The van der Waals surface area contributed by atoms with Gasteiger partial charge in [0.15, 0.2) is 0 Å². The minimum atomic E-state index is -5.71. The summed E-state index contributed by atoms with van der Waals surface area (Å²) in [4.78, 5) is 3.15. The van der Waals surface area contributed by atoms with E-state index in [-0.39, 0.29) is 5.75 Å². The molecule has 0 saturated heterocycles. The van der Waals surface area contributed by atoms with E-state index in [2.05, 4.69) is 9.35 Å². The molecule has 1 heterocycles. The van der Waals surface area contributed by atoms with Crippen molar-refractivity contribution in [2.45, 2.75) is 24.9 Å². The summed E-state index contributed by atoms with van der Waals surface area (Å²) in [5, 5.41) is 8.25. The van der Waals surface area contributed by atoms with Gasteiger partial charge in [-0.05, 0) is 17.5 Å². The van der Waals surface area contributed by atoms with Gasteiger partial charge in [0.1, 0.15) is 5.69 Å². The average molecular weight is 327 g/mol. The Labute approximate surface area is 119 Å². The second-order valence-electron chi connectivity index (χ2n) is 4.15. The maximum atomic E-state index is 13.0. The Morgan fingerprint density at radius 3 is 2.43 bits per heavy atom. The van der Waals surface area contributed by atoms with Crippen molar-refractivity contribution in [3.05, 3.63) is 29.6 Å². The van der Waals surface area contributed by atoms with E-state index in [9.17, 15) is 26.5 Å². The normalized spacial score (nSPS) is 15.5. The minimum absolute atomic E-state index is 0.0459. The summed E-state index contributed by atoms with van der Waals surface area (Å²) < 4.78 is 75.1. The SMILES string of the molecule is CC(CS(O)=NC#N)c1ccc(C(F)(F)C(F)(F)F)nc1. The van der Waals surface area contributed by atoms with Gasteiger partial charge in [0.05, 0.1) is 0 Å². The van der Waals surface area contributed by atoms with Crippen LogP contribution in [0.25, 0.3) is 0 Å². The minimum Gasteiger partial charge on any atom is -0.321 e. The molecule has 0 aliphatic carbocycles. The second-order valence-corrected chi connectivity index (χ2v) is 5.34. The van der Waals surface area contributed by atoms with E-state index in [0.29, 0.717) is 11.6 Å². The number of alkyl halides is 5. The van der Waals surface area contributed by atoms with Gasteiger partial charge in [0.2, 0.25) is 6.19 Å². The van der Waals surface area contributed by atoms with Crippen LogP contribution in [0.4, 0.5) is 22.0 Å². The van der Waals surface area contributed by atoms with Crippen LogP contribution in [-0.2, 0) is 16.9 Å². The van der Waals surface area contributed by atoms with Gasteiger partial charge in [-0.3, -0.25) is 4.98 Å². The molecule has 2 atom stereocenters. The van der Waals surface area contributed by atoms with Crippen molar-refractivity contribution in [3.63, 3.8) is 0 Å². The molecule has 10 heteroatoms. The van der Waals surface area contributed by atoms with Crippen LogP contribution in [0, 0.1) is 11.5 Å². The van der Waals surface area contributed by atoms with Crippen LogP contribution in [0.2, 0.25) is 0 Å². The van der Waals surface area contributed by atoms with Crippen molar-refractivity contribution < 1.29 is 26.5 Å². The zero-order valence-electron chi connectivity index (χ0n) is 10.6. The van der Waals surface area contributed by atoms with Crippen LogP contribution in [0.3, 0.4) is 0 Å². The van der Waals surface area contributed by atoms with E-state index < -0.39 is 34.7 Å². The molecule has 21 heavy (non-hydrogen) atoms. The monoisotopic (exact) mass is 327 g/mol. The van der Waals surface area contributed by atoms with E-state index >= 15 is 0 Å². The lowest BCUT2D eigenvalue weighted by molar-refractivity contribution is -0.290. The first kappa shape index (κ1) is 17.5. The lowest BCUT2D eigenvalue weighted by Gasteiger charge is -2.19. The number of pyridine rings is 1. The molecule has 0 aromatic carbocycles. The summed E-state index contributed by atoms with van der Waals surface area (Å²) in [5.41, 5.74) is -1.04. The smallest absolute Gasteiger partial charge is 0.321 e. The number of nitriles is 1. The third kappa shape index (κ3) is 4.18. The summed E-state index contributed by atoms with van der Waals surface area (Å²) >= 11 is 0. The number of aromatic nitrogens is 1. The number of hydrogen-bond donors (Lipinski definition) is 1. The van der Waals surface area contributed by atoms with Crippen molar-refractivity contribution >= 4 is 11.0 Å². The summed E-state index contributed by atoms with van der Waals surface area (Å²) in [6.07, 6.45) is -3.40. The Balaban J connectivity index is 2.94. The van der Waals surface area contributed by atoms with Crippen LogP contribution in [0.1, 0.15) is 24.1 Å². The third-order valence-electron chi connectivity index (χ3n) is 2.58. The maximum Gasteiger partial charge on any atom is 0.459 e. The summed E-state index contributed by atoms with van der Waals surface area (Å²) in [7, 11) is -1.53. The molecule has 0 aliphatic heterocycles. The van der Waals surface area contributed by atoms with Crippen molar-refractivity contribution in [2.75, 3.05) is 5.75 Å². The summed E-state index contributed by atoms with van der Waals surface area (Å²) in [6, 6.07) is 1.67. The molecule has 4 nitrogen and oxygen atoms in total. The zero-order valence-corrected chi connectivity index (χ0v) is 11.4. The molecule has 2 unspecified atom stereocenters. The lowest BCUT2D eigenvalue weighted by atomic mass is 10.0. The molecule has 0 saturated carbocycles. The molecule has 0 amide bonds. The van der Waals surface area contributed by atoms with E-state index in [4.69, 9.17) is 5.26 Å². The highest BCUT2D eigenvalue weighted by atomic mass is 32.2. The van der Waals surface area contributed by atoms with Crippen LogP contribution in [0.15, 0.2) is 22.7 Å². The Hall–Kier alpha value is -1.60. The summed E-state index contributed by atoms with van der Waals surface area (Å²) in [5.74, 6) is -5.38. The number of halogens is 5. The van der Waals surface area contributed by atoms with Crippen LogP contribution in [-0.4, -0.2) is 21.5 Å². The molecule has 1 aromatic heterocycles. The quantitative estimate of drug-likeness (QED) is 0.678. The van der Waals surface area contributed by atoms with Crippen LogP contribution in [0.5, 0.6) is 0 Å². The fraction of sp³-hybridized carbons (Fsp3) is 0.455. The molecule has 116 valence electrons. The van der Waals surface area contributed by atoms with Crippen molar-refractivity contribution in [1.29, 1.82) is 5.26 Å². The molecular weight excluding hydrogens is 317 g/mol. The highest BCUT2D eigenvalue weighted by molar-refractivity contribution is 7.81. The average Bonchev–Trinajstić information content (AvgIpc) is 2.37. The van der Waals surface area contributed by atoms with Gasteiger partial charge in [-0.25, -0.2) is 0 Å². The molecule has 1 aromatic rings. The number of hydrogen-bond acceptors (Lipinski definition) is 3. The number of rotatable bonds is 4. The molecule has 0 aliphatic rings. The van der Waals surface area contributed by atoms with E-state index in [1.54, 1.807) is 6.92 Å². The lowest BCUT2D eigenvalue weighted by Crippen LogP contribution is -2.34. The van der Waals surface area contributed by atoms with Gasteiger partial charge in [-0.2, -0.15) is 27.2 Å². The molecule has 1 N–H and O–H groups in total. The highest BCUT2D eigenvalue weighted by Gasteiger charge is 2.59. The van der Waals surface area contributed by atoms with E-state index in [1.165, 1.54) is 6.19 Å². The third-order valence-corrected chi connectivity index (χ3v) is 3.67. The maximum absolute atomic E-state index is 13.0. The Bertz CT molecular complexity index is 565. The first-order valence-corrected chi connectivity index (χ1v) is 6.81. The number of nitrogens with zero attached hydrogens (tertiary/aromatic N) is 3. The highest BCUT2D eigenvalue weighted by Crippen LogP contribution is 2.42. The van der Waals surface area contributed by atoms with Gasteiger partial charge in [-0.15, -0.1) is 4.36 Å². The Kier molecular flexibility index (Phi) is 5.36. The van der Waals surface area contributed by atoms with Gasteiger partial charge in [0.25, 0.3) is 0 Å². The predicted octanol–water partition coefficient (Wildman–Crippen LogP) is 3.60. The van der Waals surface area contributed by atoms with Gasteiger partial charge in [0, 0.05) is 22.9 Å². The van der Waals surface area contributed by atoms with Crippen molar-refractivity contribution in [2.24, 2.45) is 4.36 Å². The van der Waals surface area contributed by atoms with Gasteiger partial charge in [-0.1, -0.05) is 13.0 Å². The molecule has 0 radical (unpaired) electrons. The molecule has 0 fully saturated rings. The fourth-order valence-corrected chi connectivity index (χ4v) is 2.24. The van der Waals surface area contributed by atoms with Crippen molar-refractivity contribution in [1.82, 2.24) is 4.98 Å². The topological polar surface area (TPSA) is 69.3 Å². The molecular formula is C11H10F5N3OS. The van der Waals surface area contributed by atoms with Gasteiger partial charge < -0.3 is 4.55 Å². The van der Waals surface area contributed by atoms with Gasteiger partial charge >= 0.3 is 12.1 Å². The van der Waals surface area contributed by atoms with E-state index in [1.807, 2.05) is 0 Å². The second kappa shape index (κ2) is 6.44. The standard InChI is InChI=1S/C11H10F5N3OS/c1-7(5-21(20)19-6-17)8-2-3-9(18-4-8)10(12,13)11(14,15)16/h2-4,7H,5H2,1H3,(H,19,20). The summed E-state index contributed by atoms with van der Waals surface area (Å²) in [6.45, 7) is 1.60. The molecule has 1 rings (SSSR count). The molecule has 0 spiro atoms. The predicted molar refractivity (Wildman–Crippen MR) is 65.5 cm³/mol. The Morgan fingerprint density at radius 1 is 1.38 bits per heavy atom. The van der Waals surface area contributed by atoms with Crippen LogP contribution >= 0.6 is 0 Å². The largest absolute Gasteiger partial charge is 0.459 e. The zero-order chi connectivity index (χ0) is 16.3. The van der Waals surface area contributed by atoms with E-state index in [0.717, 1.165) is 12.3 Å². The fourth-order valence-electron chi connectivity index (χ4n) is 1.43. The van der Waals surface area contributed by atoms with Crippen molar-refractivity contribution in [3.8, 4) is 6.19 Å². The van der Waals surface area contributed by atoms with Crippen LogP contribution < -0.4 is 0 Å². The molecule has 0 bridgehead atoms.